The summed E-state index contributed by atoms with van der Waals surface area (Å²) < 4.78 is 0. The van der Waals surface area contributed by atoms with E-state index in [4.69, 9.17) is 28.9 Å². The second kappa shape index (κ2) is 6.09. The molecule has 1 aromatic rings. The molecule has 0 aromatic heterocycles. The summed E-state index contributed by atoms with van der Waals surface area (Å²) in [4.78, 5) is 27.0. The number of hydrogen-bond donors (Lipinski definition) is 2. The van der Waals surface area contributed by atoms with E-state index in [2.05, 4.69) is 0 Å². The van der Waals surface area contributed by atoms with Crippen molar-refractivity contribution in [1.82, 2.24) is 9.80 Å². The number of benzene rings is 1. The van der Waals surface area contributed by atoms with E-state index in [-0.39, 0.29) is 30.0 Å². The zero-order valence-electron chi connectivity index (χ0n) is 12.3. The first-order valence-electron chi connectivity index (χ1n) is 7.39. The fourth-order valence-corrected chi connectivity index (χ4v) is 3.95. The molecular weight excluding hydrogens is 341 g/mol. The lowest BCUT2D eigenvalue weighted by Gasteiger charge is -2.24. The number of nitrogens with zero attached hydrogens (tertiary/aromatic N) is 2. The highest BCUT2D eigenvalue weighted by Gasteiger charge is 2.40. The average molecular weight is 358 g/mol. The SMILES string of the molecule is NC(=O)N1CCC(=O)N2C[C@@H](c3c(O)ccc(Cl)c3Cl)C[C@H]2C1. The first-order chi connectivity index (χ1) is 10.9. The molecule has 6 nitrogen and oxygen atoms in total. The zero-order valence-corrected chi connectivity index (χ0v) is 13.8. The van der Waals surface area contributed by atoms with Crippen molar-refractivity contribution >= 4 is 35.1 Å². The lowest BCUT2D eigenvalue weighted by Crippen LogP contribution is -2.42. The molecule has 3 rings (SSSR count). The Kier molecular flexibility index (Phi) is 4.29. The molecule has 1 aromatic carbocycles. The number of halogens is 2. The molecule has 0 saturated carbocycles. The largest absolute Gasteiger partial charge is 0.508 e. The third-order valence-corrected chi connectivity index (χ3v) is 5.41. The van der Waals surface area contributed by atoms with Crippen LogP contribution < -0.4 is 5.73 Å². The molecule has 3 amide bonds. The van der Waals surface area contributed by atoms with Crippen LogP contribution in [0.15, 0.2) is 12.1 Å². The summed E-state index contributed by atoms with van der Waals surface area (Å²) in [7, 11) is 0. The highest BCUT2D eigenvalue weighted by Crippen LogP contribution is 2.43. The van der Waals surface area contributed by atoms with Crippen molar-refractivity contribution in [2.45, 2.75) is 24.8 Å². The second-order valence-electron chi connectivity index (χ2n) is 5.96. The van der Waals surface area contributed by atoms with Crippen molar-refractivity contribution in [3.05, 3.63) is 27.7 Å². The van der Waals surface area contributed by atoms with Gasteiger partial charge in [-0.25, -0.2) is 4.79 Å². The van der Waals surface area contributed by atoms with Crippen molar-refractivity contribution in [2.75, 3.05) is 19.6 Å². The predicted octanol–water partition coefficient (Wildman–Crippen LogP) is 2.17. The molecule has 0 unspecified atom stereocenters. The van der Waals surface area contributed by atoms with Gasteiger partial charge in [-0.15, -0.1) is 0 Å². The molecule has 2 aliphatic rings. The number of aromatic hydroxyl groups is 1. The fourth-order valence-electron chi connectivity index (χ4n) is 3.47. The van der Waals surface area contributed by atoms with Crippen molar-refractivity contribution in [3.8, 4) is 5.75 Å². The molecule has 0 radical (unpaired) electrons. The first kappa shape index (κ1) is 16.2. The van der Waals surface area contributed by atoms with Gasteiger partial charge in [0.25, 0.3) is 0 Å². The number of primary amides is 1. The van der Waals surface area contributed by atoms with E-state index in [1.165, 1.54) is 17.0 Å². The van der Waals surface area contributed by atoms with Crippen LogP contribution in [0.5, 0.6) is 5.75 Å². The molecule has 2 atom stereocenters. The molecule has 23 heavy (non-hydrogen) atoms. The number of amides is 3. The average Bonchev–Trinajstić information content (AvgIpc) is 2.84. The molecule has 2 aliphatic heterocycles. The van der Waals surface area contributed by atoms with Crippen molar-refractivity contribution < 1.29 is 14.7 Å². The molecule has 124 valence electrons. The lowest BCUT2D eigenvalue weighted by molar-refractivity contribution is -0.131. The summed E-state index contributed by atoms with van der Waals surface area (Å²) in [6.45, 7) is 1.19. The van der Waals surface area contributed by atoms with Crippen molar-refractivity contribution in [1.29, 1.82) is 0 Å². The molecule has 0 bridgehead atoms. The van der Waals surface area contributed by atoms with E-state index in [1.807, 2.05) is 0 Å². The van der Waals surface area contributed by atoms with E-state index in [1.54, 1.807) is 4.90 Å². The molecule has 0 spiro atoms. The van der Waals surface area contributed by atoms with Crippen LogP contribution in [0.1, 0.15) is 24.3 Å². The minimum atomic E-state index is -0.522. The normalized spacial score (nSPS) is 24.5. The van der Waals surface area contributed by atoms with E-state index in [9.17, 15) is 14.7 Å². The number of phenolic OH excluding ortho intramolecular Hbond substituents is 1. The number of nitrogens with two attached hydrogens (primary N) is 1. The Balaban J connectivity index is 1.89. The van der Waals surface area contributed by atoms with E-state index in [0.29, 0.717) is 41.7 Å². The molecule has 8 heteroatoms. The Labute approximate surface area is 143 Å². The second-order valence-corrected chi connectivity index (χ2v) is 6.75. The van der Waals surface area contributed by atoms with Crippen LogP contribution in [0.4, 0.5) is 4.79 Å². The number of carbonyl (C=O) groups is 2. The van der Waals surface area contributed by atoms with Gasteiger partial charge in [-0.05, 0) is 18.6 Å². The van der Waals surface area contributed by atoms with E-state index in [0.717, 1.165) is 0 Å². The van der Waals surface area contributed by atoms with Gasteiger partial charge >= 0.3 is 6.03 Å². The maximum atomic E-state index is 12.3. The van der Waals surface area contributed by atoms with Crippen LogP contribution in [0, 0.1) is 0 Å². The van der Waals surface area contributed by atoms with Gasteiger partial charge in [0.2, 0.25) is 5.91 Å². The quantitative estimate of drug-likeness (QED) is 0.807. The van der Waals surface area contributed by atoms with Gasteiger partial charge in [0.15, 0.2) is 0 Å². The van der Waals surface area contributed by atoms with Gasteiger partial charge < -0.3 is 20.6 Å². The first-order valence-corrected chi connectivity index (χ1v) is 8.14. The summed E-state index contributed by atoms with van der Waals surface area (Å²) in [6, 6.07) is 2.39. The van der Waals surface area contributed by atoms with Crippen molar-refractivity contribution in [3.63, 3.8) is 0 Å². The minimum Gasteiger partial charge on any atom is -0.508 e. The van der Waals surface area contributed by atoms with Gasteiger partial charge in [-0.2, -0.15) is 0 Å². The van der Waals surface area contributed by atoms with Gasteiger partial charge in [-0.1, -0.05) is 23.2 Å². The van der Waals surface area contributed by atoms with E-state index < -0.39 is 6.03 Å². The Morgan fingerprint density at radius 3 is 2.74 bits per heavy atom. The molecular formula is C15H17Cl2N3O3. The summed E-state index contributed by atoms with van der Waals surface area (Å²) >= 11 is 12.3. The van der Waals surface area contributed by atoms with Gasteiger partial charge in [0, 0.05) is 43.6 Å². The number of fused-ring (bicyclic) bond motifs is 1. The third kappa shape index (κ3) is 2.93. The fraction of sp³-hybridized carbons (Fsp3) is 0.467. The minimum absolute atomic E-state index is 0.0149. The zero-order chi connectivity index (χ0) is 16.7. The van der Waals surface area contributed by atoms with E-state index >= 15 is 0 Å². The maximum Gasteiger partial charge on any atom is 0.314 e. The van der Waals surface area contributed by atoms with Crippen LogP contribution in [0.2, 0.25) is 10.0 Å². The summed E-state index contributed by atoms with van der Waals surface area (Å²) in [5.41, 5.74) is 5.92. The topological polar surface area (TPSA) is 86.9 Å². The summed E-state index contributed by atoms with van der Waals surface area (Å²) in [6.07, 6.45) is 0.852. The standard InChI is InChI=1S/C15H17Cl2N3O3/c16-10-1-2-11(21)13(14(10)17)8-5-9-7-19(15(18)23)4-3-12(22)20(9)6-8/h1-2,8-9,21H,3-7H2,(H2,18,23)/t8-,9-/m0/s1. The number of rotatable bonds is 1. The van der Waals surface area contributed by atoms with Gasteiger partial charge in [-0.3, -0.25) is 4.79 Å². The molecule has 2 saturated heterocycles. The van der Waals surface area contributed by atoms with Crippen molar-refractivity contribution in [2.24, 2.45) is 5.73 Å². The maximum absolute atomic E-state index is 12.3. The van der Waals surface area contributed by atoms with Gasteiger partial charge in [0.1, 0.15) is 5.75 Å². The monoisotopic (exact) mass is 357 g/mol. The molecule has 2 fully saturated rings. The Morgan fingerprint density at radius 2 is 2.04 bits per heavy atom. The third-order valence-electron chi connectivity index (χ3n) is 4.59. The number of phenols is 1. The molecule has 2 heterocycles. The van der Waals surface area contributed by atoms with Crippen LogP contribution in [-0.4, -0.2) is 52.5 Å². The highest BCUT2D eigenvalue weighted by molar-refractivity contribution is 6.42. The molecule has 0 aliphatic carbocycles. The number of hydrogen-bond acceptors (Lipinski definition) is 3. The van der Waals surface area contributed by atoms with Gasteiger partial charge in [0.05, 0.1) is 10.0 Å². The molecule has 3 N–H and O–H groups in total. The highest BCUT2D eigenvalue weighted by atomic mass is 35.5. The number of urea groups is 1. The Hall–Kier alpha value is -1.66. The lowest BCUT2D eigenvalue weighted by atomic mass is 9.95. The predicted molar refractivity (Wildman–Crippen MR) is 86.8 cm³/mol. The summed E-state index contributed by atoms with van der Waals surface area (Å²) in [5, 5.41) is 10.8. The van der Waals surface area contributed by atoms with Crippen LogP contribution >= 0.6 is 23.2 Å². The van der Waals surface area contributed by atoms with Crippen LogP contribution in [0.3, 0.4) is 0 Å². The van der Waals surface area contributed by atoms with Crippen LogP contribution in [0.25, 0.3) is 0 Å². The van der Waals surface area contributed by atoms with Crippen LogP contribution in [-0.2, 0) is 4.79 Å². The Morgan fingerprint density at radius 1 is 1.30 bits per heavy atom. The summed E-state index contributed by atoms with van der Waals surface area (Å²) in [5.74, 6) is -0.0665. The number of carbonyl (C=O) groups excluding carboxylic acids is 2. The Bertz CT molecular complexity index is 668. The smallest absolute Gasteiger partial charge is 0.314 e.